The topological polar surface area (TPSA) is 84.5 Å². The van der Waals surface area contributed by atoms with Crippen LogP contribution < -0.4 is 10.6 Å². The fourth-order valence-corrected chi connectivity index (χ4v) is 2.44. The van der Waals surface area contributed by atoms with E-state index in [4.69, 9.17) is 16.3 Å². The quantitative estimate of drug-likeness (QED) is 0.714. The van der Waals surface area contributed by atoms with Crippen LogP contribution in [-0.2, 0) is 14.3 Å². The Bertz CT molecular complexity index is 793. The van der Waals surface area contributed by atoms with Crippen LogP contribution in [0.1, 0.15) is 35.8 Å². The Morgan fingerprint density at radius 3 is 2.22 bits per heavy atom. The van der Waals surface area contributed by atoms with E-state index in [0.29, 0.717) is 10.6 Å². The maximum absolute atomic E-state index is 12.1. The predicted octanol–water partition coefficient (Wildman–Crippen LogP) is 2.88. The van der Waals surface area contributed by atoms with E-state index in [-0.39, 0.29) is 6.04 Å². The first-order valence-corrected chi connectivity index (χ1v) is 8.82. The Kier molecular flexibility index (Phi) is 7.37. The van der Waals surface area contributed by atoms with E-state index in [1.165, 1.54) is 6.92 Å². The summed E-state index contributed by atoms with van der Waals surface area (Å²) in [4.78, 5) is 36.0. The molecule has 2 atom stereocenters. The highest BCUT2D eigenvalue weighted by Gasteiger charge is 2.19. The second kappa shape index (κ2) is 9.73. The maximum Gasteiger partial charge on any atom is 0.328 e. The number of halogens is 1. The van der Waals surface area contributed by atoms with E-state index in [0.717, 1.165) is 5.56 Å². The number of amides is 2. The highest BCUT2D eigenvalue weighted by molar-refractivity contribution is 6.30. The van der Waals surface area contributed by atoms with Crippen LogP contribution in [-0.4, -0.2) is 30.4 Å². The molecule has 0 unspecified atom stereocenters. The molecule has 0 bridgehead atoms. The van der Waals surface area contributed by atoms with Gasteiger partial charge in [-0.1, -0.05) is 41.9 Å². The zero-order chi connectivity index (χ0) is 19.8. The van der Waals surface area contributed by atoms with Gasteiger partial charge in [-0.05, 0) is 43.7 Å². The van der Waals surface area contributed by atoms with E-state index in [2.05, 4.69) is 10.6 Å². The molecule has 2 aromatic rings. The third-order valence-electron chi connectivity index (χ3n) is 3.83. The lowest BCUT2D eigenvalue weighted by Gasteiger charge is -2.16. The molecule has 2 N–H and O–H groups in total. The smallest absolute Gasteiger partial charge is 0.328 e. The summed E-state index contributed by atoms with van der Waals surface area (Å²) in [6.45, 7) is 2.90. The van der Waals surface area contributed by atoms with Crippen molar-refractivity contribution in [3.05, 3.63) is 70.7 Å². The van der Waals surface area contributed by atoms with Crippen LogP contribution >= 0.6 is 11.6 Å². The van der Waals surface area contributed by atoms with Gasteiger partial charge in [-0.3, -0.25) is 9.59 Å². The lowest BCUT2D eigenvalue weighted by Crippen LogP contribution is -2.41. The van der Waals surface area contributed by atoms with E-state index < -0.39 is 30.4 Å². The third-order valence-corrected chi connectivity index (χ3v) is 4.08. The van der Waals surface area contributed by atoms with E-state index >= 15 is 0 Å². The van der Waals surface area contributed by atoms with E-state index in [1.54, 1.807) is 24.3 Å². The molecule has 2 rings (SSSR count). The number of rotatable bonds is 7. The van der Waals surface area contributed by atoms with Gasteiger partial charge in [0.05, 0.1) is 6.04 Å². The zero-order valence-electron chi connectivity index (χ0n) is 15.1. The number of hydrogen-bond acceptors (Lipinski definition) is 4. The van der Waals surface area contributed by atoms with Crippen molar-refractivity contribution < 1.29 is 19.1 Å². The van der Waals surface area contributed by atoms with Crippen LogP contribution in [0.25, 0.3) is 0 Å². The van der Waals surface area contributed by atoms with Crippen molar-refractivity contribution >= 4 is 29.4 Å². The molecule has 27 heavy (non-hydrogen) atoms. The van der Waals surface area contributed by atoms with Gasteiger partial charge in [-0.2, -0.15) is 0 Å². The minimum absolute atomic E-state index is 0.209. The van der Waals surface area contributed by atoms with Crippen molar-refractivity contribution in [2.24, 2.45) is 0 Å². The Balaban J connectivity index is 1.77. The van der Waals surface area contributed by atoms with Crippen LogP contribution in [0.15, 0.2) is 54.6 Å². The molecule has 0 aliphatic carbocycles. The molecule has 0 saturated carbocycles. The van der Waals surface area contributed by atoms with Gasteiger partial charge in [0.15, 0.2) is 6.61 Å². The minimum atomic E-state index is -0.896. The minimum Gasteiger partial charge on any atom is -0.454 e. The molecule has 0 fully saturated rings. The normalized spacial score (nSPS) is 12.6. The third kappa shape index (κ3) is 6.42. The standard InChI is InChI=1S/C20H21ClN2O4/c1-13(15-6-4-3-5-7-15)22-18(24)12-27-20(26)14(2)23-19(25)16-8-10-17(21)11-9-16/h3-11,13-14H,12H2,1-2H3,(H,22,24)(H,23,25)/t13-,14+/m1/s1. The molecule has 0 aliphatic rings. The van der Waals surface area contributed by atoms with Crippen LogP contribution in [0.4, 0.5) is 0 Å². The number of carbonyl (C=O) groups excluding carboxylic acids is 3. The molecule has 2 amide bonds. The Labute approximate surface area is 162 Å². The molecular formula is C20H21ClN2O4. The molecule has 0 heterocycles. The summed E-state index contributed by atoms with van der Waals surface area (Å²) in [7, 11) is 0. The molecule has 2 aromatic carbocycles. The molecule has 0 aromatic heterocycles. The predicted molar refractivity (Wildman–Crippen MR) is 102 cm³/mol. The average molecular weight is 389 g/mol. The fraction of sp³-hybridized carbons (Fsp3) is 0.250. The van der Waals surface area contributed by atoms with Crippen molar-refractivity contribution in [2.75, 3.05) is 6.61 Å². The first-order chi connectivity index (χ1) is 12.9. The maximum atomic E-state index is 12.1. The van der Waals surface area contributed by atoms with Crippen molar-refractivity contribution in [1.29, 1.82) is 0 Å². The van der Waals surface area contributed by atoms with Crippen molar-refractivity contribution in [1.82, 2.24) is 10.6 Å². The van der Waals surface area contributed by atoms with Crippen molar-refractivity contribution in [3.8, 4) is 0 Å². The number of benzene rings is 2. The number of carbonyl (C=O) groups is 3. The second-order valence-electron chi connectivity index (χ2n) is 6.01. The molecule has 0 aliphatic heterocycles. The van der Waals surface area contributed by atoms with Crippen LogP contribution in [0.3, 0.4) is 0 Å². The largest absolute Gasteiger partial charge is 0.454 e. The number of ether oxygens (including phenoxy) is 1. The van der Waals surface area contributed by atoms with Gasteiger partial charge in [0.25, 0.3) is 11.8 Å². The Morgan fingerprint density at radius 1 is 0.963 bits per heavy atom. The molecule has 0 radical (unpaired) electrons. The second-order valence-corrected chi connectivity index (χ2v) is 6.45. The highest BCUT2D eigenvalue weighted by atomic mass is 35.5. The lowest BCUT2D eigenvalue weighted by atomic mass is 10.1. The molecular weight excluding hydrogens is 368 g/mol. The van der Waals surface area contributed by atoms with Crippen molar-refractivity contribution in [2.45, 2.75) is 25.9 Å². The molecule has 142 valence electrons. The number of hydrogen-bond donors (Lipinski definition) is 2. The van der Waals surface area contributed by atoms with E-state index in [9.17, 15) is 14.4 Å². The van der Waals surface area contributed by atoms with Gasteiger partial charge in [-0.15, -0.1) is 0 Å². The fourth-order valence-electron chi connectivity index (χ4n) is 2.31. The monoisotopic (exact) mass is 388 g/mol. The molecule has 0 spiro atoms. The number of esters is 1. The summed E-state index contributed by atoms with van der Waals surface area (Å²) in [5.74, 6) is -1.55. The summed E-state index contributed by atoms with van der Waals surface area (Å²) >= 11 is 5.77. The van der Waals surface area contributed by atoms with Crippen LogP contribution in [0.2, 0.25) is 5.02 Å². The summed E-state index contributed by atoms with van der Waals surface area (Å²) < 4.78 is 4.97. The first-order valence-electron chi connectivity index (χ1n) is 8.44. The van der Waals surface area contributed by atoms with Gasteiger partial charge in [-0.25, -0.2) is 4.79 Å². The van der Waals surface area contributed by atoms with Crippen LogP contribution in [0, 0.1) is 0 Å². The molecule has 7 heteroatoms. The molecule has 0 saturated heterocycles. The van der Waals surface area contributed by atoms with Gasteiger partial charge in [0, 0.05) is 10.6 Å². The van der Waals surface area contributed by atoms with Gasteiger partial charge in [0.2, 0.25) is 0 Å². The van der Waals surface area contributed by atoms with Gasteiger partial charge >= 0.3 is 5.97 Å². The van der Waals surface area contributed by atoms with Crippen molar-refractivity contribution in [3.63, 3.8) is 0 Å². The summed E-state index contributed by atoms with van der Waals surface area (Å²) in [6.07, 6.45) is 0. The molecule has 6 nitrogen and oxygen atoms in total. The number of nitrogens with one attached hydrogen (secondary N) is 2. The summed E-state index contributed by atoms with van der Waals surface area (Å²) in [6, 6.07) is 14.6. The summed E-state index contributed by atoms with van der Waals surface area (Å²) in [5.41, 5.74) is 1.31. The zero-order valence-corrected chi connectivity index (χ0v) is 15.8. The first kappa shape index (κ1) is 20.5. The lowest BCUT2D eigenvalue weighted by molar-refractivity contribution is -0.150. The van der Waals surface area contributed by atoms with E-state index in [1.807, 2.05) is 37.3 Å². The van der Waals surface area contributed by atoms with Gasteiger partial charge < -0.3 is 15.4 Å². The average Bonchev–Trinajstić information content (AvgIpc) is 2.67. The Morgan fingerprint density at radius 2 is 1.59 bits per heavy atom. The SMILES string of the molecule is C[C@H](NC(=O)c1ccc(Cl)cc1)C(=O)OCC(=O)N[C@H](C)c1ccccc1. The highest BCUT2D eigenvalue weighted by Crippen LogP contribution is 2.11. The van der Waals surface area contributed by atoms with Gasteiger partial charge in [0.1, 0.15) is 6.04 Å². The summed E-state index contributed by atoms with van der Waals surface area (Å²) in [5, 5.41) is 5.77. The Hall–Kier alpha value is -2.86. The van der Waals surface area contributed by atoms with Crippen LogP contribution in [0.5, 0.6) is 0 Å².